The lowest BCUT2D eigenvalue weighted by molar-refractivity contribution is -0.0314. The number of hydrogen-bond donors (Lipinski definition) is 1. The second-order valence-electron chi connectivity index (χ2n) is 3.74. The summed E-state index contributed by atoms with van der Waals surface area (Å²) < 4.78 is 5.65. The minimum absolute atomic E-state index is 0.223. The van der Waals surface area contributed by atoms with Gasteiger partial charge in [0.05, 0.1) is 12.7 Å². The molecule has 1 aliphatic rings. The third kappa shape index (κ3) is 1.87. The molecule has 0 bridgehead atoms. The monoisotopic (exact) mass is 169 g/mol. The Hall–Kier alpha value is -0.340. The molecule has 0 aromatic heterocycles. The summed E-state index contributed by atoms with van der Waals surface area (Å²) in [4.78, 5) is 0. The van der Waals surface area contributed by atoms with E-state index in [1.807, 2.05) is 13.0 Å². The zero-order valence-corrected chi connectivity index (χ0v) is 8.16. The van der Waals surface area contributed by atoms with Crippen molar-refractivity contribution in [1.29, 1.82) is 0 Å². The molecule has 2 nitrogen and oxygen atoms in total. The van der Waals surface area contributed by atoms with Gasteiger partial charge in [0.1, 0.15) is 0 Å². The lowest BCUT2D eigenvalue weighted by Crippen LogP contribution is -2.47. The molecule has 0 aromatic carbocycles. The summed E-state index contributed by atoms with van der Waals surface area (Å²) >= 11 is 0. The van der Waals surface area contributed by atoms with E-state index in [1.165, 1.54) is 0 Å². The van der Waals surface area contributed by atoms with Crippen molar-refractivity contribution in [2.24, 2.45) is 17.6 Å². The lowest BCUT2D eigenvalue weighted by Gasteiger charge is -2.36. The van der Waals surface area contributed by atoms with E-state index in [1.54, 1.807) is 0 Å². The van der Waals surface area contributed by atoms with Gasteiger partial charge in [-0.1, -0.05) is 26.0 Å². The van der Waals surface area contributed by atoms with Crippen LogP contribution in [0.25, 0.3) is 0 Å². The van der Waals surface area contributed by atoms with Gasteiger partial charge in [0.15, 0.2) is 0 Å². The second-order valence-corrected chi connectivity index (χ2v) is 3.74. The van der Waals surface area contributed by atoms with Gasteiger partial charge in [0, 0.05) is 12.0 Å². The molecule has 0 amide bonds. The van der Waals surface area contributed by atoms with Crippen molar-refractivity contribution in [2.45, 2.75) is 32.9 Å². The predicted molar refractivity (Wildman–Crippen MR) is 50.9 cm³/mol. The van der Waals surface area contributed by atoms with Crippen LogP contribution in [0.5, 0.6) is 0 Å². The van der Waals surface area contributed by atoms with Gasteiger partial charge in [-0.05, 0) is 12.8 Å². The molecular formula is C10H19NO. The fourth-order valence-electron chi connectivity index (χ4n) is 1.68. The third-order valence-electron chi connectivity index (χ3n) is 2.72. The molecule has 2 heteroatoms. The van der Waals surface area contributed by atoms with E-state index in [0.717, 1.165) is 6.61 Å². The van der Waals surface area contributed by atoms with Crippen LogP contribution in [0.15, 0.2) is 12.2 Å². The van der Waals surface area contributed by atoms with Crippen molar-refractivity contribution < 1.29 is 4.74 Å². The molecule has 1 unspecified atom stereocenters. The van der Waals surface area contributed by atoms with Crippen LogP contribution < -0.4 is 5.73 Å². The van der Waals surface area contributed by atoms with E-state index in [9.17, 15) is 0 Å². The molecule has 0 aromatic rings. The van der Waals surface area contributed by atoms with Crippen molar-refractivity contribution in [3.63, 3.8) is 0 Å². The van der Waals surface area contributed by atoms with E-state index < -0.39 is 0 Å². The molecule has 1 saturated heterocycles. The average molecular weight is 169 g/mol. The summed E-state index contributed by atoms with van der Waals surface area (Å²) in [6, 6.07) is 0.278. The fraction of sp³-hybridized carbons (Fsp3) is 0.800. The first-order chi connectivity index (χ1) is 5.66. The van der Waals surface area contributed by atoms with Crippen molar-refractivity contribution in [3.8, 4) is 0 Å². The highest BCUT2D eigenvalue weighted by Crippen LogP contribution is 2.24. The zero-order valence-electron chi connectivity index (χ0n) is 8.16. The Balaban J connectivity index is 2.58. The van der Waals surface area contributed by atoms with Gasteiger partial charge in [-0.25, -0.2) is 0 Å². The Morgan fingerprint density at radius 1 is 1.42 bits per heavy atom. The van der Waals surface area contributed by atoms with Gasteiger partial charge in [0.25, 0.3) is 0 Å². The van der Waals surface area contributed by atoms with E-state index >= 15 is 0 Å². The van der Waals surface area contributed by atoms with Gasteiger partial charge in [0.2, 0.25) is 0 Å². The van der Waals surface area contributed by atoms with Crippen molar-refractivity contribution >= 4 is 0 Å². The molecule has 0 radical (unpaired) electrons. The molecule has 1 aliphatic heterocycles. The maximum absolute atomic E-state index is 6.03. The van der Waals surface area contributed by atoms with Crippen molar-refractivity contribution in [3.05, 3.63) is 12.2 Å². The smallest absolute Gasteiger partial charge is 0.0796 e. The number of nitrogens with two attached hydrogens (primary N) is 1. The Bertz CT molecular complexity index is 167. The molecule has 1 fully saturated rings. The second kappa shape index (κ2) is 4.06. The Morgan fingerprint density at radius 3 is 2.67 bits per heavy atom. The minimum Gasteiger partial charge on any atom is -0.373 e. The topological polar surface area (TPSA) is 35.2 Å². The zero-order chi connectivity index (χ0) is 9.14. The maximum Gasteiger partial charge on any atom is 0.0796 e. The van der Waals surface area contributed by atoms with Crippen molar-refractivity contribution in [1.82, 2.24) is 0 Å². The quantitative estimate of drug-likeness (QED) is 0.605. The summed E-state index contributed by atoms with van der Waals surface area (Å²) in [5.41, 5.74) is 6.03. The molecule has 4 atom stereocenters. The highest BCUT2D eigenvalue weighted by Gasteiger charge is 2.31. The number of rotatable bonds is 1. The standard InChI is InChI=1S/C10H19NO/c1-4-5-9-8(3)10(11)7(2)6-12-9/h4-5,7-10H,6,11H2,1-3H3/b5-4-/t7-,8+,9-,10?/m1/s1. The first-order valence-electron chi connectivity index (χ1n) is 4.66. The van der Waals surface area contributed by atoms with Gasteiger partial charge in [-0.2, -0.15) is 0 Å². The van der Waals surface area contributed by atoms with Gasteiger partial charge >= 0.3 is 0 Å². The molecular weight excluding hydrogens is 150 g/mol. The Kier molecular flexibility index (Phi) is 3.29. The van der Waals surface area contributed by atoms with E-state index in [4.69, 9.17) is 10.5 Å². The number of allylic oxidation sites excluding steroid dienone is 1. The van der Waals surface area contributed by atoms with Crippen LogP contribution in [0.4, 0.5) is 0 Å². The van der Waals surface area contributed by atoms with E-state index in [0.29, 0.717) is 11.8 Å². The van der Waals surface area contributed by atoms with Gasteiger partial charge in [-0.3, -0.25) is 0 Å². The highest BCUT2D eigenvalue weighted by atomic mass is 16.5. The van der Waals surface area contributed by atoms with Crippen molar-refractivity contribution in [2.75, 3.05) is 6.61 Å². The summed E-state index contributed by atoms with van der Waals surface area (Å²) in [6.07, 6.45) is 4.35. The molecule has 0 aliphatic carbocycles. The summed E-state index contributed by atoms with van der Waals surface area (Å²) in [6.45, 7) is 7.11. The first kappa shape index (κ1) is 9.75. The van der Waals surface area contributed by atoms with Crippen LogP contribution in [-0.2, 0) is 4.74 Å². The fourth-order valence-corrected chi connectivity index (χ4v) is 1.68. The van der Waals surface area contributed by atoms with Crippen LogP contribution in [0.2, 0.25) is 0 Å². The molecule has 12 heavy (non-hydrogen) atoms. The largest absolute Gasteiger partial charge is 0.373 e. The average Bonchev–Trinajstić information content (AvgIpc) is 2.07. The molecule has 1 heterocycles. The molecule has 1 rings (SSSR count). The molecule has 0 saturated carbocycles. The first-order valence-corrected chi connectivity index (χ1v) is 4.66. The van der Waals surface area contributed by atoms with Gasteiger partial charge in [-0.15, -0.1) is 0 Å². The molecule has 0 spiro atoms. The Labute approximate surface area is 74.8 Å². The van der Waals surface area contributed by atoms with Gasteiger partial charge < -0.3 is 10.5 Å². The molecule has 2 N–H and O–H groups in total. The SMILES string of the molecule is C/C=C\[C@H]1OC[C@@H](C)C(N)[C@H]1C. The van der Waals surface area contributed by atoms with E-state index in [2.05, 4.69) is 19.9 Å². The lowest BCUT2D eigenvalue weighted by atomic mass is 9.85. The van der Waals surface area contributed by atoms with Crippen LogP contribution in [0, 0.1) is 11.8 Å². The maximum atomic E-state index is 6.03. The Morgan fingerprint density at radius 2 is 2.08 bits per heavy atom. The van der Waals surface area contributed by atoms with Crippen LogP contribution in [0.3, 0.4) is 0 Å². The minimum atomic E-state index is 0.223. The van der Waals surface area contributed by atoms with Crippen LogP contribution >= 0.6 is 0 Å². The summed E-state index contributed by atoms with van der Waals surface area (Å²) in [5, 5.41) is 0. The normalized spacial score (nSPS) is 43.7. The third-order valence-corrected chi connectivity index (χ3v) is 2.72. The summed E-state index contributed by atoms with van der Waals surface area (Å²) in [7, 11) is 0. The molecule has 70 valence electrons. The predicted octanol–water partition coefficient (Wildman–Crippen LogP) is 1.56. The van der Waals surface area contributed by atoms with Crippen LogP contribution in [0.1, 0.15) is 20.8 Å². The van der Waals surface area contributed by atoms with E-state index in [-0.39, 0.29) is 12.1 Å². The highest BCUT2D eigenvalue weighted by molar-refractivity contribution is 4.96. The summed E-state index contributed by atoms with van der Waals surface area (Å²) in [5.74, 6) is 0.923. The number of hydrogen-bond acceptors (Lipinski definition) is 2. The van der Waals surface area contributed by atoms with Crippen LogP contribution in [-0.4, -0.2) is 18.8 Å². The number of ether oxygens (including phenoxy) is 1.